The highest BCUT2D eigenvalue weighted by Gasteiger charge is 2.12. The lowest BCUT2D eigenvalue weighted by Crippen LogP contribution is -1.91. The summed E-state index contributed by atoms with van der Waals surface area (Å²) in [5.41, 5.74) is 4.73. The summed E-state index contributed by atoms with van der Waals surface area (Å²) in [7, 11) is 0. The highest BCUT2D eigenvalue weighted by atomic mass is 19.2. The quantitative estimate of drug-likeness (QED) is 0.525. The largest absolute Gasteiger partial charge is 0.204 e. The maximum Gasteiger partial charge on any atom is 0.194 e. The van der Waals surface area contributed by atoms with Crippen LogP contribution in [0.4, 0.5) is 13.2 Å². The van der Waals surface area contributed by atoms with Gasteiger partial charge in [0, 0.05) is 11.1 Å². The molecule has 0 unspecified atom stereocenters. The lowest BCUT2D eigenvalue weighted by atomic mass is 10.0. The molecule has 0 N–H and O–H groups in total. The summed E-state index contributed by atoms with van der Waals surface area (Å²) >= 11 is 0. The molecule has 0 bridgehead atoms. The van der Waals surface area contributed by atoms with Crippen molar-refractivity contribution in [1.82, 2.24) is 0 Å². The summed E-state index contributed by atoms with van der Waals surface area (Å²) in [5.74, 6) is 1.65. The van der Waals surface area contributed by atoms with Crippen molar-refractivity contribution >= 4 is 6.08 Å². The van der Waals surface area contributed by atoms with Gasteiger partial charge in [-0.1, -0.05) is 42.9 Å². The van der Waals surface area contributed by atoms with Crippen LogP contribution >= 0.6 is 0 Å². The van der Waals surface area contributed by atoms with Crippen LogP contribution in [0.3, 0.4) is 0 Å². The predicted molar refractivity (Wildman–Crippen MR) is 85.3 cm³/mol. The van der Waals surface area contributed by atoms with Crippen LogP contribution in [0.25, 0.3) is 6.08 Å². The number of fused-ring (bicyclic) bond motifs is 1. The van der Waals surface area contributed by atoms with Crippen LogP contribution in [-0.4, -0.2) is 0 Å². The number of hydrogen-bond acceptors (Lipinski definition) is 0. The minimum Gasteiger partial charge on any atom is -0.204 e. The van der Waals surface area contributed by atoms with Gasteiger partial charge < -0.3 is 0 Å². The molecule has 0 nitrogen and oxygen atoms in total. The Kier molecular flexibility index (Phi) is 4.25. The second kappa shape index (κ2) is 6.34. The highest BCUT2D eigenvalue weighted by Crippen LogP contribution is 2.28. The Morgan fingerprint density at radius 2 is 1.65 bits per heavy atom. The third kappa shape index (κ3) is 3.32. The predicted octanol–water partition coefficient (Wildman–Crippen LogP) is 5.24. The molecule has 0 aromatic heterocycles. The van der Waals surface area contributed by atoms with E-state index in [0.29, 0.717) is 0 Å². The Bertz CT molecular complexity index is 828. The van der Waals surface area contributed by atoms with Gasteiger partial charge in [0.15, 0.2) is 17.5 Å². The molecule has 0 fully saturated rings. The van der Waals surface area contributed by atoms with Crippen molar-refractivity contribution < 1.29 is 13.2 Å². The van der Waals surface area contributed by atoms with Gasteiger partial charge in [0.1, 0.15) is 0 Å². The minimum absolute atomic E-state index is 0.117. The van der Waals surface area contributed by atoms with Crippen LogP contribution in [-0.2, 0) is 6.42 Å². The van der Waals surface area contributed by atoms with Gasteiger partial charge in [-0.3, -0.25) is 0 Å². The Morgan fingerprint density at radius 3 is 2.35 bits per heavy atom. The monoisotopic (exact) mass is 312 g/mol. The minimum atomic E-state index is -1.47. The summed E-state index contributed by atoms with van der Waals surface area (Å²) in [6.07, 6.45) is 5.34. The van der Waals surface area contributed by atoms with Crippen LogP contribution in [0.2, 0.25) is 0 Å². The van der Waals surface area contributed by atoms with Crippen LogP contribution in [0.1, 0.15) is 42.0 Å². The first-order chi connectivity index (χ1) is 11.1. The average molecular weight is 312 g/mol. The standard InChI is InChI=1S/C20H15F3/c1-2-3-14-9-16-7-6-13(8-17(16)10-14)4-5-15-11-18(21)20(23)19(22)12-15/h6-9,11-12H,2-3,10H2,1H3. The van der Waals surface area contributed by atoms with Crippen molar-refractivity contribution in [3.05, 3.63) is 75.6 Å². The summed E-state index contributed by atoms with van der Waals surface area (Å²) in [5, 5.41) is 0. The van der Waals surface area contributed by atoms with Gasteiger partial charge in [-0.15, -0.1) is 0 Å². The van der Waals surface area contributed by atoms with Crippen molar-refractivity contribution in [2.45, 2.75) is 26.2 Å². The van der Waals surface area contributed by atoms with Gasteiger partial charge in [0.2, 0.25) is 0 Å². The lowest BCUT2D eigenvalue weighted by molar-refractivity contribution is 0.446. The van der Waals surface area contributed by atoms with Crippen LogP contribution < -0.4 is 0 Å². The number of halogens is 3. The van der Waals surface area contributed by atoms with E-state index in [1.807, 2.05) is 18.2 Å². The fourth-order valence-corrected chi connectivity index (χ4v) is 2.75. The third-order valence-corrected chi connectivity index (χ3v) is 3.83. The summed E-state index contributed by atoms with van der Waals surface area (Å²) < 4.78 is 39.3. The molecule has 3 heteroatoms. The summed E-state index contributed by atoms with van der Waals surface area (Å²) in [4.78, 5) is 0. The second-order valence-electron chi connectivity index (χ2n) is 5.65. The molecule has 0 saturated heterocycles. The molecule has 0 saturated carbocycles. The molecule has 0 atom stereocenters. The number of rotatable bonds is 2. The Balaban J connectivity index is 1.84. The Labute approximate surface area is 133 Å². The maximum absolute atomic E-state index is 13.2. The van der Waals surface area contributed by atoms with Gasteiger partial charge in [0.25, 0.3) is 0 Å². The Hall–Kier alpha value is -2.47. The first-order valence-corrected chi connectivity index (χ1v) is 7.55. The van der Waals surface area contributed by atoms with E-state index in [0.717, 1.165) is 37.0 Å². The smallest absolute Gasteiger partial charge is 0.194 e. The van der Waals surface area contributed by atoms with Gasteiger partial charge in [-0.2, -0.15) is 0 Å². The lowest BCUT2D eigenvalue weighted by Gasteiger charge is -2.00. The second-order valence-corrected chi connectivity index (χ2v) is 5.65. The summed E-state index contributed by atoms with van der Waals surface area (Å²) in [6.45, 7) is 2.15. The zero-order valence-corrected chi connectivity index (χ0v) is 12.7. The molecule has 3 rings (SSSR count). The average Bonchev–Trinajstić information content (AvgIpc) is 2.92. The molecule has 0 aliphatic heterocycles. The Morgan fingerprint density at radius 1 is 0.957 bits per heavy atom. The van der Waals surface area contributed by atoms with Crippen molar-refractivity contribution in [3.63, 3.8) is 0 Å². The van der Waals surface area contributed by atoms with E-state index in [9.17, 15) is 13.2 Å². The molecule has 0 amide bonds. The van der Waals surface area contributed by atoms with Crippen molar-refractivity contribution in [3.8, 4) is 11.8 Å². The van der Waals surface area contributed by atoms with E-state index in [-0.39, 0.29) is 5.56 Å². The first kappa shape index (κ1) is 15.4. The topological polar surface area (TPSA) is 0 Å². The SMILES string of the molecule is CCCC1=Cc2ccc(C#Cc3cc(F)c(F)c(F)c3)cc2C1. The molecule has 1 aliphatic rings. The zero-order chi connectivity index (χ0) is 16.4. The van der Waals surface area contributed by atoms with Crippen molar-refractivity contribution in [2.75, 3.05) is 0 Å². The van der Waals surface area contributed by atoms with Crippen molar-refractivity contribution in [1.29, 1.82) is 0 Å². The van der Waals surface area contributed by atoms with E-state index in [1.54, 1.807) is 0 Å². The molecule has 1 aliphatic carbocycles. The molecule has 23 heavy (non-hydrogen) atoms. The normalized spacial score (nSPS) is 12.4. The molecule has 2 aromatic rings. The first-order valence-electron chi connectivity index (χ1n) is 7.55. The van der Waals surface area contributed by atoms with Crippen molar-refractivity contribution in [2.24, 2.45) is 0 Å². The number of benzene rings is 2. The van der Waals surface area contributed by atoms with E-state index in [2.05, 4.69) is 24.8 Å². The van der Waals surface area contributed by atoms with Gasteiger partial charge in [-0.25, -0.2) is 13.2 Å². The van der Waals surface area contributed by atoms with E-state index in [4.69, 9.17) is 0 Å². The van der Waals surface area contributed by atoms with Gasteiger partial charge in [-0.05, 0) is 48.2 Å². The number of hydrogen-bond donors (Lipinski definition) is 0. The van der Waals surface area contributed by atoms with E-state index in [1.165, 1.54) is 16.7 Å². The van der Waals surface area contributed by atoms with Gasteiger partial charge in [0.05, 0.1) is 0 Å². The summed E-state index contributed by atoms with van der Waals surface area (Å²) in [6, 6.07) is 7.69. The fraction of sp³-hybridized carbons (Fsp3) is 0.200. The molecule has 116 valence electrons. The molecule has 0 spiro atoms. The van der Waals surface area contributed by atoms with E-state index < -0.39 is 17.5 Å². The van der Waals surface area contributed by atoms with E-state index >= 15 is 0 Å². The fourth-order valence-electron chi connectivity index (χ4n) is 2.75. The highest BCUT2D eigenvalue weighted by molar-refractivity contribution is 5.65. The number of allylic oxidation sites excluding steroid dienone is 1. The zero-order valence-electron chi connectivity index (χ0n) is 12.7. The van der Waals surface area contributed by atoms with Gasteiger partial charge >= 0.3 is 0 Å². The van der Waals surface area contributed by atoms with Crippen LogP contribution in [0.15, 0.2) is 35.9 Å². The molecule has 2 aromatic carbocycles. The van der Waals surface area contributed by atoms with Crippen LogP contribution in [0, 0.1) is 29.3 Å². The maximum atomic E-state index is 13.2. The molecule has 0 heterocycles. The third-order valence-electron chi connectivity index (χ3n) is 3.83. The molecular weight excluding hydrogens is 297 g/mol. The molecular formula is C20H15F3. The van der Waals surface area contributed by atoms with Crippen LogP contribution in [0.5, 0.6) is 0 Å². The molecule has 0 radical (unpaired) electrons.